The minimum atomic E-state index is 0.323. The first-order valence-electron chi connectivity index (χ1n) is 6.26. The first-order valence-corrected chi connectivity index (χ1v) is 6.26. The van der Waals surface area contributed by atoms with E-state index in [9.17, 15) is 4.79 Å². The molecule has 1 aliphatic heterocycles. The van der Waals surface area contributed by atoms with Gasteiger partial charge in [-0.05, 0) is 37.5 Å². The molecule has 83 valence electrons. The summed E-state index contributed by atoms with van der Waals surface area (Å²) in [6.45, 7) is 1.77. The molecule has 3 fully saturated rings. The maximum atomic E-state index is 12.0. The van der Waals surface area contributed by atoms with Crippen molar-refractivity contribution in [3.63, 3.8) is 0 Å². The average molecular weight is 207 g/mol. The Hall–Kier alpha value is -0.570. The van der Waals surface area contributed by atoms with E-state index in [1.165, 1.54) is 19.3 Å². The summed E-state index contributed by atoms with van der Waals surface area (Å²) in [6.07, 6.45) is 6.17. The van der Waals surface area contributed by atoms with Crippen molar-refractivity contribution in [1.29, 1.82) is 0 Å². The van der Waals surface area contributed by atoms with Crippen LogP contribution < -0.4 is 10.6 Å². The standard InChI is InChI=1S/C12H19N2O/c15-12(14-10-3-4-13-7-10)11-6-8-1-2-9(11)5-8/h8-11H,1-7H2,(H,14,15). The number of carbonyl (C=O) groups excluding carboxylic acids is 1. The third-order valence-corrected chi connectivity index (χ3v) is 4.41. The number of hydrogen-bond acceptors (Lipinski definition) is 1. The van der Waals surface area contributed by atoms with Crippen molar-refractivity contribution in [1.82, 2.24) is 10.6 Å². The molecule has 2 aliphatic carbocycles. The predicted molar refractivity (Wildman–Crippen MR) is 57.4 cm³/mol. The zero-order chi connectivity index (χ0) is 10.3. The van der Waals surface area contributed by atoms with Gasteiger partial charge in [0.25, 0.3) is 0 Å². The highest BCUT2D eigenvalue weighted by molar-refractivity contribution is 5.79. The lowest BCUT2D eigenvalue weighted by Gasteiger charge is -2.22. The predicted octanol–water partition coefficient (Wildman–Crippen LogP) is 0.915. The smallest absolute Gasteiger partial charge is 0.223 e. The second-order valence-electron chi connectivity index (χ2n) is 5.41. The topological polar surface area (TPSA) is 43.2 Å². The number of amides is 1. The SMILES string of the molecule is O=C(NC1CC[N]C1)C1CC2CCC1C2. The highest BCUT2D eigenvalue weighted by atomic mass is 16.2. The van der Waals surface area contributed by atoms with Crippen LogP contribution in [0.5, 0.6) is 0 Å². The Bertz CT molecular complexity index is 260. The molecule has 3 heteroatoms. The van der Waals surface area contributed by atoms with Gasteiger partial charge in [0.15, 0.2) is 0 Å². The van der Waals surface area contributed by atoms with Gasteiger partial charge in [-0.2, -0.15) is 0 Å². The Morgan fingerprint density at radius 3 is 2.73 bits per heavy atom. The first kappa shape index (κ1) is 9.64. The molecule has 0 aromatic heterocycles. The van der Waals surface area contributed by atoms with Crippen LogP contribution in [0.4, 0.5) is 0 Å². The zero-order valence-corrected chi connectivity index (χ0v) is 9.11. The number of carbonyl (C=O) groups is 1. The maximum absolute atomic E-state index is 12.0. The van der Waals surface area contributed by atoms with E-state index in [0.717, 1.165) is 31.8 Å². The van der Waals surface area contributed by atoms with Crippen LogP contribution in [0.25, 0.3) is 0 Å². The van der Waals surface area contributed by atoms with E-state index in [2.05, 4.69) is 10.6 Å². The van der Waals surface area contributed by atoms with Gasteiger partial charge in [-0.15, -0.1) is 0 Å². The summed E-state index contributed by atoms with van der Waals surface area (Å²) in [5.74, 6) is 2.22. The molecule has 0 spiro atoms. The fourth-order valence-electron chi connectivity index (χ4n) is 3.58. The number of fused-ring (bicyclic) bond motifs is 2. The second-order valence-corrected chi connectivity index (χ2v) is 5.41. The van der Waals surface area contributed by atoms with E-state index in [1.807, 2.05) is 0 Å². The van der Waals surface area contributed by atoms with Crippen molar-refractivity contribution in [2.24, 2.45) is 17.8 Å². The van der Waals surface area contributed by atoms with Crippen molar-refractivity contribution in [2.45, 2.75) is 38.1 Å². The Balaban J connectivity index is 1.56. The number of rotatable bonds is 2. The van der Waals surface area contributed by atoms with Crippen molar-refractivity contribution >= 4 is 5.91 Å². The Labute approximate surface area is 91.0 Å². The van der Waals surface area contributed by atoms with Gasteiger partial charge >= 0.3 is 0 Å². The van der Waals surface area contributed by atoms with Gasteiger partial charge in [0.05, 0.1) is 0 Å². The van der Waals surface area contributed by atoms with Crippen LogP contribution >= 0.6 is 0 Å². The molecular weight excluding hydrogens is 188 g/mol. The molecule has 2 saturated carbocycles. The van der Waals surface area contributed by atoms with Crippen molar-refractivity contribution < 1.29 is 4.79 Å². The van der Waals surface area contributed by atoms with Crippen LogP contribution in [0.2, 0.25) is 0 Å². The van der Waals surface area contributed by atoms with Crippen LogP contribution in [-0.4, -0.2) is 25.0 Å². The van der Waals surface area contributed by atoms with Gasteiger partial charge in [0.1, 0.15) is 0 Å². The summed E-state index contributed by atoms with van der Waals surface area (Å²) in [4.78, 5) is 12.0. The van der Waals surface area contributed by atoms with Crippen molar-refractivity contribution in [2.75, 3.05) is 13.1 Å². The number of nitrogens with zero attached hydrogens (tertiary/aromatic N) is 1. The summed E-state index contributed by atoms with van der Waals surface area (Å²) in [7, 11) is 0. The summed E-state index contributed by atoms with van der Waals surface area (Å²) in [5.41, 5.74) is 0. The maximum Gasteiger partial charge on any atom is 0.223 e. The van der Waals surface area contributed by atoms with Crippen LogP contribution in [0.3, 0.4) is 0 Å². The van der Waals surface area contributed by atoms with E-state index < -0.39 is 0 Å². The van der Waals surface area contributed by atoms with Crippen molar-refractivity contribution in [3.8, 4) is 0 Å². The molecule has 1 amide bonds. The average Bonchev–Trinajstić information content (AvgIpc) is 2.93. The van der Waals surface area contributed by atoms with Gasteiger partial charge in [0, 0.05) is 25.0 Å². The first-order chi connectivity index (χ1) is 7.33. The van der Waals surface area contributed by atoms with Crippen LogP contribution in [0, 0.1) is 17.8 Å². The number of hydrogen-bond donors (Lipinski definition) is 1. The van der Waals surface area contributed by atoms with Crippen LogP contribution in [-0.2, 0) is 4.79 Å². The summed E-state index contributed by atoms with van der Waals surface area (Å²) in [6, 6.07) is 0.344. The molecule has 15 heavy (non-hydrogen) atoms. The lowest BCUT2D eigenvalue weighted by atomic mass is 9.88. The molecule has 1 N–H and O–H groups in total. The third kappa shape index (κ3) is 1.78. The van der Waals surface area contributed by atoms with Crippen LogP contribution in [0.1, 0.15) is 32.1 Å². The van der Waals surface area contributed by atoms with Gasteiger partial charge < -0.3 is 5.32 Å². The van der Waals surface area contributed by atoms with Gasteiger partial charge in [-0.3, -0.25) is 4.79 Å². The quantitative estimate of drug-likeness (QED) is 0.718. The van der Waals surface area contributed by atoms with Crippen LogP contribution in [0.15, 0.2) is 0 Å². The number of nitrogens with one attached hydrogen (secondary N) is 1. The Morgan fingerprint density at radius 2 is 2.13 bits per heavy atom. The molecule has 2 bridgehead atoms. The highest BCUT2D eigenvalue weighted by Gasteiger charge is 2.43. The van der Waals surface area contributed by atoms with E-state index >= 15 is 0 Å². The fourth-order valence-corrected chi connectivity index (χ4v) is 3.58. The fraction of sp³-hybridized carbons (Fsp3) is 0.917. The monoisotopic (exact) mass is 207 g/mol. The van der Waals surface area contributed by atoms with E-state index in [0.29, 0.717) is 23.8 Å². The molecule has 1 radical (unpaired) electrons. The minimum absolute atomic E-state index is 0.323. The van der Waals surface area contributed by atoms with Gasteiger partial charge in [0.2, 0.25) is 5.91 Å². The lowest BCUT2D eigenvalue weighted by molar-refractivity contribution is -0.127. The van der Waals surface area contributed by atoms with E-state index in [-0.39, 0.29) is 0 Å². The van der Waals surface area contributed by atoms with E-state index in [1.54, 1.807) is 0 Å². The zero-order valence-electron chi connectivity index (χ0n) is 9.11. The highest BCUT2D eigenvalue weighted by Crippen LogP contribution is 2.48. The lowest BCUT2D eigenvalue weighted by Crippen LogP contribution is -2.41. The molecule has 0 aromatic rings. The third-order valence-electron chi connectivity index (χ3n) is 4.41. The molecule has 3 nitrogen and oxygen atoms in total. The van der Waals surface area contributed by atoms with Gasteiger partial charge in [-0.1, -0.05) is 6.42 Å². The molecule has 1 saturated heterocycles. The Morgan fingerprint density at radius 1 is 1.20 bits per heavy atom. The van der Waals surface area contributed by atoms with Gasteiger partial charge in [-0.25, -0.2) is 5.32 Å². The minimum Gasteiger partial charge on any atom is -0.352 e. The normalized spacial score (nSPS) is 43.5. The molecule has 4 atom stereocenters. The molecule has 0 aromatic carbocycles. The summed E-state index contributed by atoms with van der Waals surface area (Å²) >= 11 is 0. The molecular formula is C12H19N2O. The molecule has 1 heterocycles. The largest absolute Gasteiger partial charge is 0.352 e. The molecule has 4 unspecified atom stereocenters. The summed E-state index contributed by atoms with van der Waals surface area (Å²) in [5, 5.41) is 7.45. The Kier molecular flexibility index (Phi) is 2.43. The summed E-state index contributed by atoms with van der Waals surface area (Å²) < 4.78 is 0. The van der Waals surface area contributed by atoms with Crippen molar-refractivity contribution in [3.05, 3.63) is 0 Å². The molecule has 3 rings (SSSR count). The van der Waals surface area contributed by atoms with E-state index in [4.69, 9.17) is 0 Å². The second kappa shape index (κ2) is 3.78. The molecule has 3 aliphatic rings.